The first-order valence-corrected chi connectivity index (χ1v) is 8.09. The first-order valence-electron chi connectivity index (χ1n) is 8.09. The Morgan fingerprint density at radius 1 is 0.889 bits per heavy atom. The Morgan fingerprint density at radius 2 is 1.48 bits per heavy atom. The Bertz CT molecular complexity index is 628. The zero-order chi connectivity index (χ0) is 20.5. The summed E-state index contributed by atoms with van der Waals surface area (Å²) in [5.41, 5.74) is -3.61. The average molecular weight is 408 g/mol. The van der Waals surface area contributed by atoms with E-state index in [1.165, 1.54) is 4.90 Å². The van der Waals surface area contributed by atoms with Crippen molar-refractivity contribution in [3.8, 4) is 0 Å². The van der Waals surface area contributed by atoms with Gasteiger partial charge in [-0.25, -0.2) is 0 Å². The van der Waals surface area contributed by atoms with Crippen molar-refractivity contribution in [3.63, 3.8) is 0 Å². The van der Waals surface area contributed by atoms with Crippen LogP contribution in [0.2, 0.25) is 0 Å². The molecule has 1 saturated heterocycles. The van der Waals surface area contributed by atoms with Crippen LogP contribution in [0.4, 0.5) is 39.5 Å². The fourth-order valence-electron chi connectivity index (χ4n) is 3.10. The molecule has 11 heteroatoms. The van der Waals surface area contributed by atoms with Crippen molar-refractivity contribution < 1.29 is 39.5 Å². The molecule has 1 atom stereocenters. The first-order chi connectivity index (χ1) is 12.3. The molecule has 1 fully saturated rings. The van der Waals surface area contributed by atoms with E-state index >= 15 is 0 Å². The summed E-state index contributed by atoms with van der Waals surface area (Å²) in [6, 6.07) is -0.187. The van der Waals surface area contributed by atoms with Crippen LogP contribution in [0.3, 0.4) is 0 Å². The summed E-state index contributed by atoms with van der Waals surface area (Å²) in [7, 11) is 0. The highest BCUT2D eigenvalue weighted by Crippen LogP contribution is 2.42. The van der Waals surface area contributed by atoms with Gasteiger partial charge in [0.1, 0.15) is 0 Å². The molecule has 1 aromatic carbocycles. The predicted octanol–water partition coefficient (Wildman–Crippen LogP) is 5.01. The molecular formula is C16H17F9N2. The van der Waals surface area contributed by atoms with Crippen LogP contribution in [0.15, 0.2) is 18.2 Å². The molecule has 154 valence electrons. The molecule has 1 aliphatic rings. The quantitative estimate of drug-likeness (QED) is 0.705. The normalized spacial score (nSPS) is 18.6. The van der Waals surface area contributed by atoms with Crippen LogP contribution in [0.1, 0.15) is 35.6 Å². The summed E-state index contributed by atoms with van der Waals surface area (Å²) in [6.45, 7) is 1.12. The first kappa shape index (κ1) is 21.8. The van der Waals surface area contributed by atoms with Gasteiger partial charge in [-0.2, -0.15) is 39.5 Å². The number of rotatable bonds is 4. The molecule has 0 unspecified atom stereocenters. The van der Waals surface area contributed by atoms with Crippen molar-refractivity contribution in [2.75, 3.05) is 26.2 Å². The van der Waals surface area contributed by atoms with Crippen LogP contribution in [-0.2, 0) is 12.4 Å². The lowest BCUT2D eigenvalue weighted by atomic mass is 9.92. The molecule has 0 radical (unpaired) electrons. The van der Waals surface area contributed by atoms with Crippen LogP contribution >= 0.6 is 0 Å². The molecule has 0 aliphatic carbocycles. The molecule has 2 rings (SSSR count). The Morgan fingerprint density at radius 3 is 1.96 bits per heavy atom. The number of hydrogen-bond donors (Lipinski definition) is 1. The largest absolute Gasteiger partial charge is 0.416 e. The van der Waals surface area contributed by atoms with E-state index in [4.69, 9.17) is 0 Å². The fourth-order valence-corrected chi connectivity index (χ4v) is 3.10. The zero-order valence-corrected chi connectivity index (χ0v) is 13.9. The number of alkyl halides is 9. The van der Waals surface area contributed by atoms with Crippen molar-refractivity contribution in [1.82, 2.24) is 10.2 Å². The van der Waals surface area contributed by atoms with Crippen LogP contribution in [0.5, 0.6) is 0 Å². The summed E-state index contributed by atoms with van der Waals surface area (Å²) >= 11 is 0. The number of nitrogens with zero attached hydrogens (tertiary/aromatic N) is 1. The van der Waals surface area contributed by atoms with E-state index in [1.54, 1.807) is 0 Å². The molecule has 1 N–H and O–H groups in total. The summed E-state index contributed by atoms with van der Waals surface area (Å²) in [4.78, 5) is 1.44. The molecule has 1 aromatic rings. The Labute approximate surface area is 149 Å². The number of piperazine rings is 1. The van der Waals surface area contributed by atoms with Crippen LogP contribution in [-0.4, -0.2) is 37.3 Å². The summed E-state index contributed by atoms with van der Waals surface area (Å²) in [5.74, 6) is 0. The van der Waals surface area contributed by atoms with Gasteiger partial charge in [-0.3, -0.25) is 4.90 Å². The monoisotopic (exact) mass is 408 g/mol. The molecule has 0 bridgehead atoms. The smallest absolute Gasteiger partial charge is 0.314 e. The fraction of sp³-hybridized carbons (Fsp3) is 0.625. The van der Waals surface area contributed by atoms with Gasteiger partial charge in [0.15, 0.2) is 0 Å². The lowest BCUT2D eigenvalue weighted by molar-refractivity contribution is -0.144. The van der Waals surface area contributed by atoms with Crippen molar-refractivity contribution in [2.45, 2.75) is 37.4 Å². The van der Waals surface area contributed by atoms with Gasteiger partial charge in [0.05, 0.1) is 11.1 Å². The highest BCUT2D eigenvalue weighted by Gasteiger charge is 2.41. The van der Waals surface area contributed by atoms with Crippen LogP contribution in [0, 0.1) is 0 Å². The maximum absolute atomic E-state index is 13.4. The van der Waals surface area contributed by atoms with E-state index in [0.717, 1.165) is 0 Å². The number of benzene rings is 1. The Kier molecular flexibility index (Phi) is 6.35. The second-order valence-electron chi connectivity index (χ2n) is 6.25. The third-order valence-electron chi connectivity index (χ3n) is 4.34. The summed E-state index contributed by atoms with van der Waals surface area (Å²) in [5, 5.41) is 2.93. The number of nitrogens with one attached hydrogen (secondary N) is 1. The van der Waals surface area contributed by atoms with E-state index in [1.807, 2.05) is 0 Å². The topological polar surface area (TPSA) is 15.3 Å². The van der Waals surface area contributed by atoms with Crippen LogP contribution < -0.4 is 5.32 Å². The van der Waals surface area contributed by atoms with E-state index in [2.05, 4.69) is 5.32 Å². The molecular weight excluding hydrogens is 391 g/mol. The molecule has 1 aliphatic heterocycles. The standard InChI is InChI=1S/C16H17F9N2/c17-14(18,19)4-3-13(27-7-5-26-6-8-27)11-2-1-10(15(20,21)22)9-12(11)16(23,24)25/h1-2,9,13,26H,3-8H2/t13-/m1/s1. The van der Waals surface area contributed by atoms with Crippen molar-refractivity contribution >= 4 is 0 Å². The SMILES string of the molecule is FC(F)(F)CC[C@H](c1ccc(C(F)(F)F)cc1C(F)(F)F)N1CCNCC1. The van der Waals surface area contributed by atoms with Crippen molar-refractivity contribution in [1.29, 1.82) is 0 Å². The third kappa shape index (κ3) is 6.00. The summed E-state index contributed by atoms with van der Waals surface area (Å²) < 4.78 is 117. The van der Waals surface area contributed by atoms with E-state index in [9.17, 15) is 39.5 Å². The van der Waals surface area contributed by atoms with E-state index in [-0.39, 0.29) is 19.2 Å². The molecule has 1 heterocycles. The second-order valence-corrected chi connectivity index (χ2v) is 6.25. The second kappa shape index (κ2) is 7.86. The minimum atomic E-state index is -5.12. The van der Waals surface area contributed by atoms with Gasteiger partial charge in [-0.15, -0.1) is 0 Å². The van der Waals surface area contributed by atoms with Crippen molar-refractivity contribution in [2.24, 2.45) is 0 Å². The Hall–Kier alpha value is -1.49. The molecule has 0 aromatic heterocycles. The minimum absolute atomic E-state index is 0.0296. The van der Waals surface area contributed by atoms with E-state index in [0.29, 0.717) is 25.2 Å². The van der Waals surface area contributed by atoms with Crippen LogP contribution in [0.25, 0.3) is 0 Å². The van der Waals surface area contributed by atoms with E-state index < -0.39 is 54.1 Å². The van der Waals surface area contributed by atoms with Crippen molar-refractivity contribution in [3.05, 3.63) is 34.9 Å². The highest BCUT2D eigenvalue weighted by molar-refractivity contribution is 5.37. The van der Waals surface area contributed by atoms with Gasteiger partial charge in [0.2, 0.25) is 0 Å². The van der Waals surface area contributed by atoms with Gasteiger partial charge in [0.25, 0.3) is 0 Å². The van der Waals surface area contributed by atoms with Gasteiger partial charge < -0.3 is 5.32 Å². The van der Waals surface area contributed by atoms with Gasteiger partial charge >= 0.3 is 18.5 Å². The van der Waals surface area contributed by atoms with Gasteiger partial charge in [0, 0.05) is 38.6 Å². The molecule has 0 saturated carbocycles. The lowest BCUT2D eigenvalue weighted by Crippen LogP contribution is -2.45. The molecule has 0 spiro atoms. The maximum Gasteiger partial charge on any atom is 0.416 e. The average Bonchev–Trinajstić information content (AvgIpc) is 2.53. The number of hydrogen-bond acceptors (Lipinski definition) is 2. The Balaban J connectivity index is 2.48. The maximum atomic E-state index is 13.4. The lowest BCUT2D eigenvalue weighted by Gasteiger charge is -2.36. The molecule has 27 heavy (non-hydrogen) atoms. The highest BCUT2D eigenvalue weighted by atomic mass is 19.4. The number of halogens is 9. The minimum Gasteiger partial charge on any atom is -0.314 e. The van der Waals surface area contributed by atoms with Gasteiger partial charge in [-0.05, 0) is 24.1 Å². The zero-order valence-electron chi connectivity index (χ0n) is 13.9. The third-order valence-corrected chi connectivity index (χ3v) is 4.34. The predicted molar refractivity (Wildman–Crippen MR) is 78.9 cm³/mol. The summed E-state index contributed by atoms with van der Waals surface area (Å²) in [6.07, 6.45) is -16.7. The molecule has 0 amide bonds. The van der Waals surface area contributed by atoms with Gasteiger partial charge in [-0.1, -0.05) is 6.07 Å². The molecule has 2 nitrogen and oxygen atoms in total.